The Morgan fingerprint density at radius 1 is 1.25 bits per heavy atom. The van der Waals surface area contributed by atoms with Crippen LogP contribution in [0, 0.1) is 6.92 Å². The third kappa shape index (κ3) is 2.11. The summed E-state index contributed by atoms with van der Waals surface area (Å²) in [5.74, 6) is 0. The highest BCUT2D eigenvalue weighted by molar-refractivity contribution is 9.10. The molecule has 0 radical (unpaired) electrons. The van der Waals surface area contributed by atoms with E-state index in [0.29, 0.717) is 0 Å². The number of alkyl halides is 1. The Labute approximate surface area is 90.6 Å². The molecule has 0 heterocycles. The fourth-order valence-electron chi connectivity index (χ4n) is 1.28. The van der Waals surface area contributed by atoms with Crippen LogP contribution in [0.25, 0.3) is 0 Å². The van der Waals surface area contributed by atoms with Gasteiger partial charge in [0, 0.05) is 9.80 Å². The Kier molecular flexibility index (Phi) is 3.78. The van der Waals surface area contributed by atoms with Gasteiger partial charge >= 0.3 is 0 Å². The zero-order chi connectivity index (χ0) is 9.14. The molecule has 0 fully saturated rings. The van der Waals surface area contributed by atoms with Crippen molar-refractivity contribution >= 4 is 31.9 Å². The molecule has 66 valence electrons. The second-order valence-corrected chi connectivity index (χ2v) is 4.24. The van der Waals surface area contributed by atoms with Crippen LogP contribution < -0.4 is 0 Å². The summed E-state index contributed by atoms with van der Waals surface area (Å²) in [7, 11) is 0. The van der Waals surface area contributed by atoms with Crippen molar-refractivity contribution in [2.24, 2.45) is 0 Å². The monoisotopic (exact) mass is 290 g/mol. The first-order valence-electron chi connectivity index (χ1n) is 4.03. The zero-order valence-corrected chi connectivity index (χ0v) is 10.5. The molecule has 0 spiro atoms. The lowest BCUT2D eigenvalue weighted by atomic mass is 10.1. The molecule has 0 nitrogen and oxygen atoms in total. The van der Waals surface area contributed by atoms with E-state index >= 15 is 0 Å². The Bertz CT molecular complexity index is 254. The maximum atomic E-state index is 3.61. The van der Waals surface area contributed by atoms with Gasteiger partial charge in [0.25, 0.3) is 0 Å². The van der Waals surface area contributed by atoms with Gasteiger partial charge in [0.05, 0.1) is 0 Å². The minimum Gasteiger partial charge on any atom is -0.0876 e. The molecule has 2 heteroatoms. The quantitative estimate of drug-likeness (QED) is 0.716. The molecule has 0 aliphatic heterocycles. The summed E-state index contributed by atoms with van der Waals surface area (Å²) < 4.78 is 1.26. The van der Waals surface area contributed by atoms with Crippen molar-refractivity contribution in [3.8, 4) is 0 Å². The molecular weight excluding hydrogens is 280 g/mol. The van der Waals surface area contributed by atoms with Crippen molar-refractivity contribution in [2.75, 3.05) is 0 Å². The molecule has 0 N–H and O–H groups in total. The molecule has 12 heavy (non-hydrogen) atoms. The molecule has 0 bridgehead atoms. The molecule has 0 unspecified atom stereocenters. The smallest absolute Gasteiger partial charge is 0.0294 e. The van der Waals surface area contributed by atoms with Crippen molar-refractivity contribution in [3.63, 3.8) is 0 Å². The first kappa shape index (κ1) is 10.3. The van der Waals surface area contributed by atoms with Gasteiger partial charge < -0.3 is 0 Å². The summed E-state index contributed by atoms with van der Waals surface area (Å²) in [5, 5.41) is 0.919. The standard InChI is InChI=1S/C10H12Br2/c1-3-8-4-7(2)5-9(6-11)10(8)12/h4-5H,3,6H2,1-2H3. The highest BCUT2D eigenvalue weighted by Gasteiger charge is 2.03. The van der Waals surface area contributed by atoms with E-state index in [1.807, 2.05) is 0 Å². The van der Waals surface area contributed by atoms with Crippen LogP contribution in [-0.4, -0.2) is 0 Å². The lowest BCUT2D eigenvalue weighted by Gasteiger charge is -2.07. The molecule has 0 aromatic heterocycles. The Morgan fingerprint density at radius 3 is 2.33 bits per heavy atom. The van der Waals surface area contributed by atoms with Gasteiger partial charge in [0.15, 0.2) is 0 Å². The average molecular weight is 292 g/mol. The second-order valence-electron chi connectivity index (χ2n) is 2.88. The van der Waals surface area contributed by atoms with Gasteiger partial charge in [-0.1, -0.05) is 56.5 Å². The minimum absolute atomic E-state index is 0.919. The predicted octanol–water partition coefficient (Wildman–Crippen LogP) is 4.21. The molecule has 0 aliphatic carbocycles. The summed E-state index contributed by atoms with van der Waals surface area (Å²) in [4.78, 5) is 0. The Balaban J connectivity index is 3.22. The number of rotatable bonds is 2. The lowest BCUT2D eigenvalue weighted by Crippen LogP contribution is -1.90. The normalized spacial score (nSPS) is 10.3. The van der Waals surface area contributed by atoms with Crippen LogP contribution in [-0.2, 0) is 11.8 Å². The van der Waals surface area contributed by atoms with Gasteiger partial charge in [-0.15, -0.1) is 0 Å². The number of aryl methyl sites for hydroxylation is 2. The maximum absolute atomic E-state index is 3.61. The molecular formula is C10H12Br2. The highest BCUT2D eigenvalue weighted by Crippen LogP contribution is 2.25. The van der Waals surface area contributed by atoms with E-state index in [1.54, 1.807) is 0 Å². The molecule has 0 atom stereocenters. The van der Waals surface area contributed by atoms with Gasteiger partial charge in [0.1, 0.15) is 0 Å². The zero-order valence-electron chi connectivity index (χ0n) is 7.32. The molecule has 1 aromatic rings. The fourth-order valence-corrected chi connectivity index (χ4v) is 2.75. The van der Waals surface area contributed by atoms with Crippen molar-refractivity contribution in [1.29, 1.82) is 0 Å². The number of halogens is 2. The van der Waals surface area contributed by atoms with Gasteiger partial charge in [-0.05, 0) is 24.5 Å². The average Bonchev–Trinajstić information content (AvgIpc) is 2.08. The maximum Gasteiger partial charge on any atom is 0.0294 e. The summed E-state index contributed by atoms with van der Waals surface area (Å²) in [6.07, 6.45) is 1.09. The minimum atomic E-state index is 0.919. The van der Waals surface area contributed by atoms with Crippen LogP contribution in [0.3, 0.4) is 0 Å². The van der Waals surface area contributed by atoms with Crippen molar-refractivity contribution in [3.05, 3.63) is 33.3 Å². The van der Waals surface area contributed by atoms with E-state index < -0.39 is 0 Å². The lowest BCUT2D eigenvalue weighted by molar-refractivity contribution is 1.10. The number of hydrogen-bond donors (Lipinski definition) is 0. The topological polar surface area (TPSA) is 0 Å². The fraction of sp³-hybridized carbons (Fsp3) is 0.400. The summed E-state index contributed by atoms with van der Waals surface area (Å²) in [6.45, 7) is 4.31. The molecule has 0 amide bonds. The van der Waals surface area contributed by atoms with Crippen LogP contribution in [0.1, 0.15) is 23.6 Å². The number of hydrogen-bond acceptors (Lipinski definition) is 0. The Hall–Kier alpha value is 0.180. The number of benzene rings is 1. The van der Waals surface area contributed by atoms with Crippen LogP contribution >= 0.6 is 31.9 Å². The molecule has 1 aromatic carbocycles. The van der Waals surface area contributed by atoms with Gasteiger partial charge in [-0.25, -0.2) is 0 Å². The summed E-state index contributed by atoms with van der Waals surface area (Å²) >= 11 is 7.08. The molecule has 0 saturated carbocycles. The van der Waals surface area contributed by atoms with Crippen LogP contribution in [0.5, 0.6) is 0 Å². The van der Waals surface area contributed by atoms with Crippen molar-refractivity contribution in [1.82, 2.24) is 0 Å². The molecule has 0 aliphatic rings. The second kappa shape index (κ2) is 4.43. The predicted molar refractivity (Wildman–Crippen MR) is 60.9 cm³/mol. The van der Waals surface area contributed by atoms with E-state index in [-0.39, 0.29) is 0 Å². The van der Waals surface area contributed by atoms with E-state index in [2.05, 4.69) is 57.8 Å². The van der Waals surface area contributed by atoms with E-state index in [1.165, 1.54) is 21.2 Å². The first-order valence-corrected chi connectivity index (χ1v) is 5.94. The first-order chi connectivity index (χ1) is 5.69. The third-order valence-corrected chi connectivity index (χ3v) is 3.52. The van der Waals surface area contributed by atoms with Crippen LogP contribution in [0.15, 0.2) is 16.6 Å². The largest absolute Gasteiger partial charge is 0.0876 e. The van der Waals surface area contributed by atoms with Crippen LogP contribution in [0.4, 0.5) is 0 Å². The van der Waals surface area contributed by atoms with Crippen LogP contribution in [0.2, 0.25) is 0 Å². The van der Waals surface area contributed by atoms with E-state index in [9.17, 15) is 0 Å². The van der Waals surface area contributed by atoms with E-state index in [4.69, 9.17) is 0 Å². The summed E-state index contributed by atoms with van der Waals surface area (Å²) in [6, 6.07) is 4.44. The SMILES string of the molecule is CCc1cc(C)cc(CBr)c1Br. The highest BCUT2D eigenvalue weighted by atomic mass is 79.9. The Morgan fingerprint density at radius 2 is 1.83 bits per heavy atom. The van der Waals surface area contributed by atoms with E-state index in [0.717, 1.165) is 11.8 Å². The molecule has 1 rings (SSSR count). The van der Waals surface area contributed by atoms with Crippen molar-refractivity contribution in [2.45, 2.75) is 25.6 Å². The van der Waals surface area contributed by atoms with Gasteiger partial charge in [0.2, 0.25) is 0 Å². The summed E-state index contributed by atoms with van der Waals surface area (Å²) in [5.41, 5.74) is 4.07. The third-order valence-electron chi connectivity index (χ3n) is 1.89. The van der Waals surface area contributed by atoms with Gasteiger partial charge in [-0.2, -0.15) is 0 Å². The van der Waals surface area contributed by atoms with Crippen molar-refractivity contribution < 1.29 is 0 Å². The van der Waals surface area contributed by atoms with Gasteiger partial charge in [-0.3, -0.25) is 0 Å². The molecule has 0 saturated heterocycles.